The molecule has 0 fully saturated rings. The van der Waals surface area contributed by atoms with E-state index in [1.807, 2.05) is 32.0 Å². The van der Waals surface area contributed by atoms with E-state index in [0.29, 0.717) is 5.88 Å². The van der Waals surface area contributed by atoms with Crippen LogP contribution < -0.4 is 4.74 Å². The summed E-state index contributed by atoms with van der Waals surface area (Å²) in [5.74, 6) is 0.655. The lowest BCUT2D eigenvalue weighted by molar-refractivity contribution is 0.332. The van der Waals surface area contributed by atoms with E-state index in [1.165, 1.54) is 0 Å². The Balaban J connectivity index is 2.59. The van der Waals surface area contributed by atoms with Crippen molar-refractivity contribution in [2.45, 2.75) is 13.8 Å². The van der Waals surface area contributed by atoms with Gasteiger partial charge in [-0.25, -0.2) is 4.98 Å². The highest BCUT2D eigenvalue weighted by atomic mass is 16.5. The fourth-order valence-corrected chi connectivity index (χ4v) is 0.617. The summed E-state index contributed by atoms with van der Waals surface area (Å²) in [7, 11) is 0. The Kier molecular flexibility index (Phi) is 2.26. The topological polar surface area (TPSA) is 22.1 Å². The molecule has 1 aromatic heterocycles. The van der Waals surface area contributed by atoms with Gasteiger partial charge in [0.25, 0.3) is 0 Å². The van der Waals surface area contributed by atoms with E-state index >= 15 is 0 Å². The van der Waals surface area contributed by atoms with Crippen molar-refractivity contribution in [2.24, 2.45) is 0 Å². The average molecular weight is 136 g/mol. The fourth-order valence-electron chi connectivity index (χ4n) is 0.617. The molecule has 1 rings (SSSR count). The second-order valence-corrected chi connectivity index (χ2v) is 2.18. The summed E-state index contributed by atoms with van der Waals surface area (Å²) < 4.78 is 5.22. The molecule has 0 unspecified atom stereocenters. The van der Waals surface area contributed by atoms with Crippen molar-refractivity contribution >= 4 is 0 Å². The predicted octanol–water partition coefficient (Wildman–Crippen LogP) is 2.03. The normalized spacial score (nSPS) is 9.90. The second kappa shape index (κ2) is 3.20. The Morgan fingerprint density at radius 2 is 2.20 bits per heavy atom. The molecule has 2 heteroatoms. The van der Waals surface area contributed by atoms with Crippen LogP contribution in [0, 0.1) is 6.10 Å². The predicted molar refractivity (Wildman–Crippen MR) is 39.5 cm³/mol. The molecule has 0 aliphatic heterocycles. The molecule has 1 aromatic rings. The van der Waals surface area contributed by atoms with Crippen LogP contribution >= 0.6 is 0 Å². The van der Waals surface area contributed by atoms with E-state index in [1.54, 1.807) is 6.20 Å². The lowest BCUT2D eigenvalue weighted by atomic mass is 10.4. The van der Waals surface area contributed by atoms with Crippen molar-refractivity contribution in [1.29, 1.82) is 0 Å². The third kappa shape index (κ3) is 2.05. The molecule has 0 bridgehead atoms. The quantitative estimate of drug-likeness (QED) is 0.620. The fraction of sp³-hybridized carbons (Fsp3) is 0.250. The number of hydrogen-bond acceptors (Lipinski definition) is 2. The van der Waals surface area contributed by atoms with Crippen LogP contribution in [0.15, 0.2) is 24.4 Å². The number of pyridine rings is 1. The molecule has 1 radical (unpaired) electrons. The molecule has 0 spiro atoms. The number of rotatable bonds is 2. The number of nitrogens with zero attached hydrogens (tertiary/aromatic N) is 1. The smallest absolute Gasteiger partial charge is 0.213 e. The zero-order valence-electron chi connectivity index (χ0n) is 6.16. The van der Waals surface area contributed by atoms with Crippen LogP contribution in [0.3, 0.4) is 0 Å². The molecule has 1 heterocycles. The van der Waals surface area contributed by atoms with Gasteiger partial charge in [-0.3, -0.25) is 0 Å². The van der Waals surface area contributed by atoms with E-state index in [2.05, 4.69) is 4.98 Å². The van der Waals surface area contributed by atoms with Crippen LogP contribution in [0.4, 0.5) is 0 Å². The second-order valence-electron chi connectivity index (χ2n) is 2.18. The zero-order valence-corrected chi connectivity index (χ0v) is 6.16. The maximum absolute atomic E-state index is 5.22. The van der Waals surface area contributed by atoms with Gasteiger partial charge in [0.1, 0.15) is 6.10 Å². The highest BCUT2D eigenvalue weighted by Gasteiger charge is 1.95. The first kappa shape index (κ1) is 7.06. The Morgan fingerprint density at radius 1 is 1.40 bits per heavy atom. The summed E-state index contributed by atoms with van der Waals surface area (Å²) >= 11 is 0. The highest BCUT2D eigenvalue weighted by molar-refractivity contribution is 5.10. The maximum Gasteiger partial charge on any atom is 0.213 e. The summed E-state index contributed by atoms with van der Waals surface area (Å²) in [5.41, 5.74) is 0. The van der Waals surface area contributed by atoms with E-state index in [-0.39, 0.29) is 0 Å². The Bertz CT molecular complexity index is 184. The highest BCUT2D eigenvalue weighted by Crippen LogP contribution is 2.08. The minimum atomic E-state index is 0.655. The Hall–Kier alpha value is -1.05. The van der Waals surface area contributed by atoms with Gasteiger partial charge in [-0.05, 0) is 19.9 Å². The molecule has 0 saturated carbocycles. The van der Waals surface area contributed by atoms with Crippen LogP contribution in [-0.2, 0) is 0 Å². The third-order valence-corrected chi connectivity index (χ3v) is 0.946. The van der Waals surface area contributed by atoms with Gasteiger partial charge < -0.3 is 4.74 Å². The van der Waals surface area contributed by atoms with Gasteiger partial charge in [-0.15, -0.1) is 0 Å². The summed E-state index contributed by atoms with van der Waals surface area (Å²) in [5, 5.41) is 0. The molecule has 2 nitrogen and oxygen atoms in total. The van der Waals surface area contributed by atoms with Crippen molar-refractivity contribution in [2.75, 3.05) is 0 Å². The van der Waals surface area contributed by atoms with Crippen molar-refractivity contribution in [3.05, 3.63) is 30.5 Å². The maximum atomic E-state index is 5.22. The van der Waals surface area contributed by atoms with E-state index in [9.17, 15) is 0 Å². The Morgan fingerprint density at radius 3 is 2.70 bits per heavy atom. The van der Waals surface area contributed by atoms with E-state index in [0.717, 1.165) is 6.10 Å². The van der Waals surface area contributed by atoms with Gasteiger partial charge in [0.2, 0.25) is 5.88 Å². The first-order valence-electron chi connectivity index (χ1n) is 3.18. The number of ether oxygens (including phenoxy) is 1. The molecule has 0 aliphatic rings. The van der Waals surface area contributed by atoms with Crippen LogP contribution in [0.25, 0.3) is 0 Å². The Labute approximate surface area is 60.9 Å². The number of aromatic nitrogens is 1. The van der Waals surface area contributed by atoms with Gasteiger partial charge in [0.15, 0.2) is 0 Å². The van der Waals surface area contributed by atoms with Crippen molar-refractivity contribution in [3.8, 4) is 5.88 Å². The van der Waals surface area contributed by atoms with Gasteiger partial charge in [-0.2, -0.15) is 0 Å². The van der Waals surface area contributed by atoms with Crippen molar-refractivity contribution in [3.63, 3.8) is 0 Å². The summed E-state index contributed by atoms with van der Waals surface area (Å²) in [4.78, 5) is 3.98. The molecule has 10 heavy (non-hydrogen) atoms. The standard InChI is InChI=1S/C8H10NO/c1-7(2)10-8-5-3-4-6-9-8/h3-6H,1-2H3. The van der Waals surface area contributed by atoms with E-state index < -0.39 is 0 Å². The molecule has 0 N–H and O–H groups in total. The molecular weight excluding hydrogens is 126 g/mol. The molecule has 0 aliphatic carbocycles. The van der Waals surface area contributed by atoms with Crippen molar-refractivity contribution in [1.82, 2.24) is 4.98 Å². The minimum absolute atomic E-state index is 0.655. The molecular formula is C8H10NO. The van der Waals surface area contributed by atoms with Crippen LogP contribution in [0.2, 0.25) is 0 Å². The third-order valence-electron chi connectivity index (χ3n) is 0.946. The first-order valence-corrected chi connectivity index (χ1v) is 3.18. The number of hydrogen-bond donors (Lipinski definition) is 0. The van der Waals surface area contributed by atoms with Crippen LogP contribution in [0.5, 0.6) is 5.88 Å². The molecule has 0 atom stereocenters. The molecule has 0 saturated heterocycles. The molecule has 53 valence electrons. The minimum Gasteiger partial charge on any atom is -0.467 e. The van der Waals surface area contributed by atoms with Gasteiger partial charge in [0.05, 0.1) is 0 Å². The van der Waals surface area contributed by atoms with Crippen molar-refractivity contribution < 1.29 is 4.74 Å². The van der Waals surface area contributed by atoms with Gasteiger partial charge >= 0.3 is 0 Å². The van der Waals surface area contributed by atoms with Gasteiger partial charge in [0, 0.05) is 12.3 Å². The van der Waals surface area contributed by atoms with E-state index in [4.69, 9.17) is 4.74 Å². The van der Waals surface area contributed by atoms with Crippen LogP contribution in [0.1, 0.15) is 13.8 Å². The largest absolute Gasteiger partial charge is 0.467 e. The lowest BCUT2D eigenvalue weighted by Crippen LogP contribution is -1.97. The monoisotopic (exact) mass is 136 g/mol. The summed E-state index contributed by atoms with van der Waals surface area (Å²) in [6.07, 6.45) is 2.61. The summed E-state index contributed by atoms with van der Waals surface area (Å²) in [6.45, 7) is 3.80. The SMILES string of the molecule is C[C](C)Oc1ccccn1. The molecule has 0 amide bonds. The van der Waals surface area contributed by atoms with Crippen LogP contribution in [-0.4, -0.2) is 4.98 Å². The lowest BCUT2D eigenvalue weighted by Gasteiger charge is -2.05. The molecule has 0 aromatic carbocycles. The van der Waals surface area contributed by atoms with Gasteiger partial charge in [-0.1, -0.05) is 6.07 Å². The first-order chi connectivity index (χ1) is 4.79. The summed E-state index contributed by atoms with van der Waals surface area (Å²) in [6, 6.07) is 5.58. The average Bonchev–Trinajstić information content (AvgIpc) is 1.88. The zero-order chi connectivity index (χ0) is 7.40.